The molecule has 2 fully saturated rings. The summed E-state index contributed by atoms with van der Waals surface area (Å²) in [5.41, 5.74) is -0.256. The van der Waals surface area contributed by atoms with Crippen LogP contribution >= 0.6 is 0 Å². The molecule has 7 heteroatoms. The Bertz CT molecular complexity index is 884. The number of nitrogens with one attached hydrogen (secondary N) is 2. The first kappa shape index (κ1) is 18.9. The fourth-order valence-electron chi connectivity index (χ4n) is 4.26. The van der Waals surface area contributed by atoms with Crippen LogP contribution in [0.4, 0.5) is 17.6 Å². The molecule has 2 bridgehead atoms. The molecular weight excluding hydrogens is 372 g/mol. The van der Waals surface area contributed by atoms with Crippen molar-refractivity contribution in [2.75, 3.05) is 0 Å². The van der Waals surface area contributed by atoms with E-state index in [2.05, 4.69) is 10.6 Å². The normalized spacial score (nSPS) is 24.2. The first-order valence-corrected chi connectivity index (χ1v) is 9.33. The molecule has 148 valence electrons. The van der Waals surface area contributed by atoms with Crippen LogP contribution in [0.5, 0.6) is 0 Å². The van der Waals surface area contributed by atoms with Crippen molar-refractivity contribution in [1.82, 2.24) is 10.6 Å². The zero-order chi connectivity index (χ0) is 19.9. The topological polar surface area (TPSA) is 41.1 Å². The van der Waals surface area contributed by atoms with Gasteiger partial charge in [-0.2, -0.15) is 13.2 Å². The molecule has 2 unspecified atom stereocenters. The summed E-state index contributed by atoms with van der Waals surface area (Å²) in [6.45, 7) is 0. The van der Waals surface area contributed by atoms with Gasteiger partial charge in [-0.05, 0) is 61.1 Å². The molecule has 2 N–H and O–H groups in total. The van der Waals surface area contributed by atoms with Crippen LogP contribution in [0, 0.1) is 5.82 Å². The Balaban J connectivity index is 1.63. The summed E-state index contributed by atoms with van der Waals surface area (Å²) in [7, 11) is 0. The van der Waals surface area contributed by atoms with E-state index < -0.39 is 23.5 Å². The van der Waals surface area contributed by atoms with Gasteiger partial charge in [0.1, 0.15) is 5.82 Å². The Kier molecular flexibility index (Phi) is 4.87. The standard InChI is InChI=1S/C21H20F4N2O/c22-14-4-7-18(12-2-1-3-13(8-12)21(23,24)25)19(9-14)20(28)27-17-10-15-5-6-16(11-17)26-15/h1-4,7-9,15-17,26H,5-6,10-11H2,(H,27,28). The van der Waals surface area contributed by atoms with Gasteiger partial charge >= 0.3 is 6.18 Å². The second kappa shape index (κ2) is 7.20. The van der Waals surface area contributed by atoms with E-state index in [9.17, 15) is 22.4 Å². The van der Waals surface area contributed by atoms with Crippen molar-refractivity contribution in [3.05, 3.63) is 59.4 Å². The summed E-state index contributed by atoms with van der Waals surface area (Å²) < 4.78 is 53.0. The lowest BCUT2D eigenvalue weighted by Gasteiger charge is -2.30. The van der Waals surface area contributed by atoms with Crippen molar-refractivity contribution < 1.29 is 22.4 Å². The van der Waals surface area contributed by atoms with Crippen LogP contribution < -0.4 is 10.6 Å². The molecule has 2 heterocycles. The van der Waals surface area contributed by atoms with Crippen molar-refractivity contribution in [3.8, 4) is 11.1 Å². The van der Waals surface area contributed by atoms with Gasteiger partial charge in [-0.1, -0.05) is 18.2 Å². The van der Waals surface area contributed by atoms with Crippen LogP contribution in [0.2, 0.25) is 0 Å². The van der Waals surface area contributed by atoms with E-state index >= 15 is 0 Å². The minimum absolute atomic E-state index is 0.0242. The van der Waals surface area contributed by atoms with Gasteiger partial charge in [0.15, 0.2) is 0 Å². The third-order valence-corrected chi connectivity index (χ3v) is 5.54. The average Bonchev–Trinajstić information content (AvgIpc) is 2.99. The van der Waals surface area contributed by atoms with Gasteiger partial charge in [0.25, 0.3) is 5.91 Å². The van der Waals surface area contributed by atoms with Gasteiger partial charge in [-0.25, -0.2) is 4.39 Å². The monoisotopic (exact) mass is 392 g/mol. The third kappa shape index (κ3) is 3.90. The van der Waals surface area contributed by atoms with Gasteiger partial charge in [0.05, 0.1) is 11.1 Å². The predicted molar refractivity (Wildman–Crippen MR) is 97.3 cm³/mol. The summed E-state index contributed by atoms with van der Waals surface area (Å²) >= 11 is 0. The smallest absolute Gasteiger partial charge is 0.349 e. The van der Waals surface area contributed by atoms with Crippen LogP contribution in [0.25, 0.3) is 11.1 Å². The van der Waals surface area contributed by atoms with E-state index in [0.29, 0.717) is 12.1 Å². The average molecular weight is 392 g/mol. The number of hydrogen-bond acceptors (Lipinski definition) is 2. The van der Waals surface area contributed by atoms with Crippen LogP contribution in [-0.2, 0) is 6.18 Å². The summed E-state index contributed by atoms with van der Waals surface area (Å²) in [5, 5.41) is 6.43. The highest BCUT2D eigenvalue weighted by atomic mass is 19.4. The molecule has 0 saturated carbocycles. The van der Waals surface area contributed by atoms with E-state index in [1.165, 1.54) is 18.2 Å². The van der Waals surface area contributed by atoms with Crippen molar-refractivity contribution in [1.29, 1.82) is 0 Å². The predicted octanol–water partition coefficient (Wildman–Crippen LogP) is 4.52. The van der Waals surface area contributed by atoms with Crippen LogP contribution in [-0.4, -0.2) is 24.0 Å². The lowest BCUT2D eigenvalue weighted by molar-refractivity contribution is -0.137. The molecule has 0 radical (unpaired) electrons. The van der Waals surface area contributed by atoms with Crippen molar-refractivity contribution in [3.63, 3.8) is 0 Å². The molecule has 2 aromatic rings. The van der Waals surface area contributed by atoms with Crippen LogP contribution in [0.3, 0.4) is 0 Å². The number of carbonyl (C=O) groups is 1. The molecule has 0 spiro atoms. The highest BCUT2D eigenvalue weighted by molar-refractivity contribution is 6.01. The molecule has 2 aliphatic rings. The highest BCUT2D eigenvalue weighted by Gasteiger charge is 2.34. The molecule has 2 saturated heterocycles. The van der Waals surface area contributed by atoms with Crippen molar-refractivity contribution >= 4 is 5.91 Å². The first-order valence-electron chi connectivity index (χ1n) is 9.33. The second-order valence-corrected chi connectivity index (χ2v) is 7.55. The zero-order valence-corrected chi connectivity index (χ0v) is 15.0. The number of rotatable bonds is 3. The van der Waals surface area contributed by atoms with Gasteiger partial charge in [0, 0.05) is 18.1 Å². The highest BCUT2D eigenvalue weighted by Crippen LogP contribution is 2.34. The zero-order valence-electron chi connectivity index (χ0n) is 15.0. The Morgan fingerprint density at radius 1 is 1.04 bits per heavy atom. The van der Waals surface area contributed by atoms with Crippen molar-refractivity contribution in [2.24, 2.45) is 0 Å². The lowest BCUT2D eigenvalue weighted by atomic mass is 9.95. The fraction of sp³-hybridized carbons (Fsp3) is 0.381. The number of halogens is 4. The molecule has 2 atom stereocenters. The molecule has 28 heavy (non-hydrogen) atoms. The number of piperidine rings is 1. The molecule has 2 aromatic carbocycles. The summed E-state index contributed by atoms with van der Waals surface area (Å²) in [5.74, 6) is -1.07. The number of benzene rings is 2. The molecule has 2 aliphatic heterocycles. The van der Waals surface area contributed by atoms with Crippen molar-refractivity contribution in [2.45, 2.75) is 50.0 Å². The number of alkyl halides is 3. The maximum Gasteiger partial charge on any atom is 0.416 e. The first-order chi connectivity index (χ1) is 13.3. The third-order valence-electron chi connectivity index (χ3n) is 5.54. The molecule has 3 nitrogen and oxygen atoms in total. The van der Waals surface area contributed by atoms with Gasteiger partial charge in [0.2, 0.25) is 0 Å². The molecule has 0 aromatic heterocycles. The fourth-order valence-corrected chi connectivity index (χ4v) is 4.26. The van der Waals surface area contributed by atoms with Crippen LogP contribution in [0.1, 0.15) is 41.6 Å². The number of fused-ring (bicyclic) bond motifs is 2. The molecule has 0 aliphatic carbocycles. The maximum atomic E-state index is 13.8. The number of hydrogen-bond donors (Lipinski definition) is 2. The SMILES string of the molecule is O=C(NC1CC2CCC(C1)N2)c1cc(F)ccc1-c1cccc(C(F)(F)F)c1. The lowest BCUT2D eigenvalue weighted by Crippen LogP contribution is -2.48. The number of carbonyl (C=O) groups excluding carboxylic acids is 1. The van der Waals surface area contributed by atoms with E-state index in [1.807, 2.05) is 0 Å². The van der Waals surface area contributed by atoms with Gasteiger partial charge in [-0.3, -0.25) is 4.79 Å². The largest absolute Gasteiger partial charge is 0.416 e. The summed E-state index contributed by atoms with van der Waals surface area (Å²) in [6, 6.07) is 9.04. The van der Waals surface area contributed by atoms with E-state index in [-0.39, 0.29) is 22.7 Å². The van der Waals surface area contributed by atoms with Crippen LogP contribution in [0.15, 0.2) is 42.5 Å². The summed E-state index contributed by atoms with van der Waals surface area (Å²) in [4.78, 5) is 12.9. The van der Waals surface area contributed by atoms with E-state index in [1.54, 1.807) is 0 Å². The second-order valence-electron chi connectivity index (χ2n) is 7.55. The Labute approximate surface area is 160 Å². The number of amides is 1. The van der Waals surface area contributed by atoms with E-state index in [4.69, 9.17) is 0 Å². The minimum Gasteiger partial charge on any atom is -0.349 e. The molecule has 1 amide bonds. The Hall–Kier alpha value is -2.41. The quantitative estimate of drug-likeness (QED) is 0.754. The Morgan fingerprint density at radius 3 is 2.43 bits per heavy atom. The maximum absolute atomic E-state index is 13.8. The Morgan fingerprint density at radius 2 is 1.75 bits per heavy atom. The summed E-state index contributed by atoms with van der Waals surface area (Å²) in [6.07, 6.45) is -0.737. The van der Waals surface area contributed by atoms with Gasteiger partial charge in [-0.15, -0.1) is 0 Å². The molecule has 4 rings (SSSR count). The molecular formula is C21H20F4N2O. The minimum atomic E-state index is -4.49. The van der Waals surface area contributed by atoms with Gasteiger partial charge < -0.3 is 10.6 Å². The van der Waals surface area contributed by atoms with E-state index in [0.717, 1.165) is 49.9 Å².